The number of aromatic nitrogens is 3. The van der Waals surface area contributed by atoms with Gasteiger partial charge in [-0.15, -0.1) is 0 Å². The molecule has 2 aromatic carbocycles. The Morgan fingerprint density at radius 3 is 2.61 bits per heavy atom. The highest BCUT2D eigenvalue weighted by Gasteiger charge is 2.46. The van der Waals surface area contributed by atoms with Crippen LogP contribution in [-0.4, -0.2) is 66.5 Å². The zero-order valence-electron chi connectivity index (χ0n) is 20.8. The second kappa shape index (κ2) is 8.95. The van der Waals surface area contributed by atoms with Gasteiger partial charge in [0.25, 0.3) is 5.56 Å². The van der Waals surface area contributed by atoms with Gasteiger partial charge in [0, 0.05) is 28.5 Å². The number of nitrogens with zero attached hydrogens (tertiary/aromatic N) is 3. The first-order chi connectivity index (χ1) is 18.2. The Morgan fingerprint density at radius 1 is 1.11 bits per heavy atom. The first-order valence-electron chi connectivity index (χ1n) is 11.7. The molecule has 2 aromatic heterocycles. The maximum Gasteiger partial charge on any atom is 0.279 e. The van der Waals surface area contributed by atoms with Gasteiger partial charge in [0.15, 0.2) is 26.5 Å². The largest absolute Gasteiger partial charge is 0.497 e. The number of anilines is 1. The van der Waals surface area contributed by atoms with Crippen LogP contribution in [0.2, 0.25) is 0 Å². The lowest BCUT2D eigenvalue weighted by Crippen LogP contribution is -2.29. The van der Waals surface area contributed by atoms with Crippen LogP contribution in [-0.2, 0) is 21.2 Å². The molecule has 0 radical (unpaired) electrons. The number of fused-ring (bicyclic) bond motifs is 6. The van der Waals surface area contributed by atoms with E-state index in [2.05, 4.69) is 5.32 Å². The Kier molecular flexibility index (Phi) is 5.80. The molecule has 0 spiro atoms. The van der Waals surface area contributed by atoms with E-state index >= 15 is 0 Å². The number of sulfone groups is 1. The minimum absolute atomic E-state index is 0.00403. The lowest BCUT2D eigenvalue weighted by atomic mass is 10.2. The smallest absolute Gasteiger partial charge is 0.279 e. The van der Waals surface area contributed by atoms with E-state index < -0.39 is 15.9 Å². The zero-order chi connectivity index (χ0) is 26.8. The average molecular weight is 557 g/mol. The van der Waals surface area contributed by atoms with Crippen LogP contribution in [0.25, 0.3) is 21.9 Å². The Hall–Kier alpha value is -3.71. The highest BCUT2D eigenvalue weighted by Crippen LogP contribution is 2.45. The lowest BCUT2D eigenvalue weighted by Gasteiger charge is -2.12. The molecule has 198 valence electrons. The van der Waals surface area contributed by atoms with E-state index in [0.29, 0.717) is 44.5 Å². The molecule has 2 aliphatic heterocycles. The van der Waals surface area contributed by atoms with E-state index in [1.54, 1.807) is 41.0 Å². The number of carbonyl (C=O) groups is 1. The third-order valence-electron chi connectivity index (χ3n) is 6.89. The molecular formula is C25H24N4O7S2. The fourth-order valence-electron chi connectivity index (χ4n) is 5.21. The summed E-state index contributed by atoms with van der Waals surface area (Å²) >= 11 is 1.31. The van der Waals surface area contributed by atoms with Crippen LogP contribution in [0.1, 0.15) is 6.04 Å². The molecule has 2 atom stereocenters. The number of carbonyl (C=O) groups excluding carboxylic acids is 1. The van der Waals surface area contributed by atoms with Crippen LogP contribution in [0, 0.1) is 0 Å². The van der Waals surface area contributed by atoms with Crippen molar-refractivity contribution in [3.05, 3.63) is 46.8 Å². The Bertz CT molecular complexity index is 1800. The van der Waals surface area contributed by atoms with Crippen molar-refractivity contribution in [3.63, 3.8) is 0 Å². The summed E-state index contributed by atoms with van der Waals surface area (Å²) < 4.78 is 43.9. The van der Waals surface area contributed by atoms with Crippen molar-refractivity contribution >= 4 is 55.1 Å². The van der Waals surface area contributed by atoms with Crippen LogP contribution in [0.4, 0.5) is 5.69 Å². The van der Waals surface area contributed by atoms with Crippen molar-refractivity contribution in [2.75, 3.05) is 38.2 Å². The summed E-state index contributed by atoms with van der Waals surface area (Å²) in [4.78, 5) is 32.0. The summed E-state index contributed by atoms with van der Waals surface area (Å²) in [5, 5.41) is 3.68. The van der Waals surface area contributed by atoms with Gasteiger partial charge in [0.05, 0.1) is 44.4 Å². The number of hydrogen-bond acceptors (Lipinski definition) is 9. The molecule has 0 bridgehead atoms. The highest BCUT2D eigenvalue weighted by molar-refractivity contribution is 8.02. The van der Waals surface area contributed by atoms with Gasteiger partial charge in [-0.1, -0.05) is 17.8 Å². The van der Waals surface area contributed by atoms with Gasteiger partial charge in [0.2, 0.25) is 5.91 Å². The summed E-state index contributed by atoms with van der Waals surface area (Å²) in [7, 11) is 1.31. The second-order valence-electron chi connectivity index (χ2n) is 9.16. The van der Waals surface area contributed by atoms with E-state index in [1.807, 2.05) is 0 Å². The van der Waals surface area contributed by atoms with Gasteiger partial charge in [-0.05, 0) is 18.2 Å². The molecule has 38 heavy (non-hydrogen) atoms. The number of thioether (sulfide) groups is 1. The molecule has 1 amide bonds. The van der Waals surface area contributed by atoms with E-state index in [-0.39, 0.29) is 40.3 Å². The number of rotatable bonds is 6. The zero-order valence-corrected chi connectivity index (χ0v) is 22.4. The van der Waals surface area contributed by atoms with Crippen LogP contribution in [0.3, 0.4) is 0 Å². The molecular weight excluding hydrogens is 532 g/mol. The van der Waals surface area contributed by atoms with Crippen molar-refractivity contribution in [3.8, 4) is 17.2 Å². The van der Waals surface area contributed by atoms with Gasteiger partial charge in [-0.2, -0.15) is 0 Å². The first kappa shape index (κ1) is 24.6. The summed E-state index contributed by atoms with van der Waals surface area (Å²) in [6.07, 6.45) is 0. The molecule has 0 aliphatic carbocycles. The summed E-state index contributed by atoms with van der Waals surface area (Å²) in [6.45, 7) is -0.192. The number of ether oxygens (including phenoxy) is 3. The molecule has 11 nitrogen and oxygen atoms in total. The van der Waals surface area contributed by atoms with Gasteiger partial charge < -0.3 is 24.1 Å². The minimum atomic E-state index is -3.25. The predicted molar refractivity (Wildman–Crippen MR) is 144 cm³/mol. The molecule has 13 heteroatoms. The molecule has 2 aliphatic rings. The summed E-state index contributed by atoms with van der Waals surface area (Å²) in [5.41, 5.74) is 1.35. The molecule has 1 saturated heterocycles. The van der Waals surface area contributed by atoms with E-state index in [1.165, 1.54) is 37.7 Å². The fraction of sp³-hybridized carbons (Fsp3) is 0.320. The molecule has 2 unspecified atom stereocenters. The second-order valence-corrected chi connectivity index (χ2v) is 12.5. The quantitative estimate of drug-likeness (QED) is 0.356. The molecule has 1 fully saturated rings. The Balaban J connectivity index is 1.53. The van der Waals surface area contributed by atoms with E-state index in [0.717, 1.165) is 0 Å². The Morgan fingerprint density at radius 2 is 1.87 bits per heavy atom. The number of benzene rings is 2. The molecule has 6 rings (SSSR count). The maximum atomic E-state index is 14.0. The lowest BCUT2D eigenvalue weighted by molar-refractivity contribution is -0.116. The Labute approximate surface area is 221 Å². The third-order valence-corrected chi connectivity index (χ3v) is 10.1. The maximum absolute atomic E-state index is 14.0. The number of methoxy groups -OCH3 is 3. The minimum Gasteiger partial charge on any atom is -0.497 e. The normalized spacial score (nSPS) is 19.3. The van der Waals surface area contributed by atoms with Crippen molar-refractivity contribution in [1.82, 2.24) is 14.1 Å². The highest BCUT2D eigenvalue weighted by atomic mass is 32.2. The average Bonchev–Trinajstić information content (AvgIpc) is 3.48. The topological polar surface area (TPSA) is 131 Å². The van der Waals surface area contributed by atoms with E-state index in [9.17, 15) is 18.0 Å². The molecule has 1 N–H and O–H groups in total. The van der Waals surface area contributed by atoms with E-state index in [4.69, 9.17) is 19.2 Å². The first-order valence-corrected chi connectivity index (χ1v) is 14.4. The number of hydrogen-bond donors (Lipinski definition) is 1. The van der Waals surface area contributed by atoms with Gasteiger partial charge in [-0.3, -0.25) is 14.2 Å². The van der Waals surface area contributed by atoms with Crippen molar-refractivity contribution in [2.45, 2.75) is 23.0 Å². The van der Waals surface area contributed by atoms with Crippen molar-refractivity contribution in [1.29, 1.82) is 0 Å². The van der Waals surface area contributed by atoms with Gasteiger partial charge >= 0.3 is 0 Å². The van der Waals surface area contributed by atoms with Crippen molar-refractivity contribution < 1.29 is 27.4 Å². The number of nitrogens with one attached hydrogen (secondary N) is 1. The molecule has 4 aromatic rings. The van der Waals surface area contributed by atoms with Gasteiger partial charge in [0.1, 0.15) is 23.3 Å². The SMILES string of the molecule is COc1cccc(NC(=O)Cn2c3cc(OC)c(OC)cc3c3nc4n(c(=O)c32)C2CS(=O)(=O)CC2S4)c1. The van der Waals surface area contributed by atoms with Crippen LogP contribution < -0.4 is 25.1 Å². The standard InChI is InChI=1S/C25H24N4O7S2/c1-34-14-6-4-5-13(7-14)26-21(30)10-28-16-9-19(36-3)18(35-2)8-15(16)22-23(28)24(31)29-17-11-38(32,33)12-20(17)37-25(29)27-22/h4-9,17,20H,10-12H2,1-3H3,(H,26,30). The van der Waals surface area contributed by atoms with Crippen LogP contribution in [0.5, 0.6) is 17.2 Å². The summed E-state index contributed by atoms with van der Waals surface area (Å²) in [6, 6.07) is 9.91. The van der Waals surface area contributed by atoms with Crippen LogP contribution >= 0.6 is 11.8 Å². The summed E-state index contributed by atoms with van der Waals surface area (Å²) in [5.74, 6) is 1.01. The fourth-order valence-corrected chi connectivity index (χ4v) is 9.11. The number of amides is 1. The monoisotopic (exact) mass is 556 g/mol. The molecule has 0 saturated carbocycles. The van der Waals surface area contributed by atoms with Crippen molar-refractivity contribution in [2.24, 2.45) is 0 Å². The molecule has 4 heterocycles. The van der Waals surface area contributed by atoms with Crippen LogP contribution in [0.15, 0.2) is 46.3 Å². The predicted octanol–water partition coefficient (Wildman–Crippen LogP) is 2.46. The van der Waals surface area contributed by atoms with Gasteiger partial charge in [-0.25, -0.2) is 13.4 Å². The third kappa shape index (κ3) is 3.88.